The minimum absolute atomic E-state index is 0.324. The van der Waals surface area contributed by atoms with Crippen molar-refractivity contribution in [2.45, 2.75) is 31.7 Å². The topological polar surface area (TPSA) is 55.5 Å². The summed E-state index contributed by atoms with van der Waals surface area (Å²) in [5.74, 6) is 0.677. The summed E-state index contributed by atoms with van der Waals surface area (Å²) >= 11 is 0. The van der Waals surface area contributed by atoms with Crippen LogP contribution in [0.2, 0.25) is 0 Å². The Hall–Kier alpha value is -0.0900. The number of rotatable bonds is 2. The molecule has 0 aromatic rings. The van der Waals surface area contributed by atoms with Crippen molar-refractivity contribution in [3.05, 3.63) is 0 Å². The molecule has 4 heteroatoms. The lowest BCUT2D eigenvalue weighted by atomic mass is 9.87. The maximum absolute atomic E-state index is 11.4. The molecular weight excluding hydrogens is 184 g/mol. The Kier molecular flexibility index (Phi) is 3.74. The van der Waals surface area contributed by atoms with Crippen molar-refractivity contribution in [3.63, 3.8) is 0 Å². The van der Waals surface area contributed by atoms with Crippen LogP contribution in [0.15, 0.2) is 4.36 Å². The summed E-state index contributed by atoms with van der Waals surface area (Å²) < 4.78 is 15.7. The normalized spacial score (nSPS) is 30.1. The fourth-order valence-corrected chi connectivity index (χ4v) is 2.77. The molecule has 1 aliphatic carbocycles. The second-order valence-corrected chi connectivity index (χ2v) is 6.77. The molecule has 0 bridgehead atoms. The summed E-state index contributed by atoms with van der Waals surface area (Å²) in [7, 11) is -1.90. The number of nitrogens with zero attached hydrogens (tertiary/aromatic N) is 1. The number of nitrogens with two attached hydrogens (primary N) is 1. The van der Waals surface area contributed by atoms with Gasteiger partial charge < -0.3 is 5.73 Å². The Balaban J connectivity index is 2.47. The molecule has 1 rings (SSSR count). The second-order valence-electron chi connectivity index (χ2n) is 4.20. The van der Waals surface area contributed by atoms with Gasteiger partial charge in [0.2, 0.25) is 0 Å². The Morgan fingerprint density at radius 2 is 1.85 bits per heavy atom. The zero-order valence-corrected chi connectivity index (χ0v) is 9.35. The first kappa shape index (κ1) is 11.0. The molecule has 2 N–H and O–H groups in total. The molecule has 13 heavy (non-hydrogen) atoms. The van der Waals surface area contributed by atoms with Crippen LogP contribution in [0.1, 0.15) is 25.7 Å². The first-order valence-corrected chi connectivity index (χ1v) is 7.20. The van der Waals surface area contributed by atoms with Gasteiger partial charge in [0, 0.05) is 22.2 Å². The maximum atomic E-state index is 11.4. The largest absolute Gasteiger partial charge is 0.330 e. The average molecular weight is 204 g/mol. The third-order valence-electron chi connectivity index (χ3n) is 2.55. The van der Waals surface area contributed by atoms with E-state index in [1.165, 1.54) is 0 Å². The zero-order chi connectivity index (χ0) is 9.90. The highest BCUT2D eigenvalue weighted by Crippen LogP contribution is 2.25. The van der Waals surface area contributed by atoms with E-state index >= 15 is 0 Å². The van der Waals surface area contributed by atoms with Gasteiger partial charge in [-0.2, -0.15) is 0 Å². The molecule has 78 valence electrons. The second kappa shape index (κ2) is 4.42. The van der Waals surface area contributed by atoms with Gasteiger partial charge in [-0.15, -0.1) is 0 Å². The van der Waals surface area contributed by atoms with Crippen molar-refractivity contribution >= 4 is 9.73 Å². The van der Waals surface area contributed by atoms with Crippen LogP contribution in [-0.4, -0.2) is 29.3 Å². The van der Waals surface area contributed by atoms with Crippen LogP contribution in [0, 0.1) is 5.92 Å². The van der Waals surface area contributed by atoms with Crippen LogP contribution < -0.4 is 5.73 Å². The van der Waals surface area contributed by atoms with Crippen molar-refractivity contribution in [2.75, 3.05) is 19.1 Å². The first-order chi connectivity index (χ1) is 6.01. The molecule has 0 saturated heterocycles. The highest BCUT2D eigenvalue weighted by molar-refractivity contribution is 7.92. The molecule has 0 atom stereocenters. The third kappa shape index (κ3) is 4.09. The lowest BCUT2D eigenvalue weighted by molar-refractivity contribution is 0.335. The maximum Gasteiger partial charge on any atom is 0.0594 e. The van der Waals surface area contributed by atoms with Crippen LogP contribution in [0.25, 0.3) is 0 Å². The van der Waals surface area contributed by atoms with Crippen molar-refractivity contribution < 1.29 is 4.21 Å². The summed E-state index contributed by atoms with van der Waals surface area (Å²) in [5.41, 5.74) is 5.59. The van der Waals surface area contributed by atoms with E-state index in [9.17, 15) is 4.21 Å². The fourth-order valence-electron chi connectivity index (χ4n) is 1.84. The summed E-state index contributed by atoms with van der Waals surface area (Å²) in [6, 6.07) is 0.324. The van der Waals surface area contributed by atoms with Gasteiger partial charge in [0.25, 0.3) is 0 Å². The summed E-state index contributed by atoms with van der Waals surface area (Å²) in [6.45, 7) is 0.792. The third-order valence-corrected chi connectivity index (χ3v) is 3.36. The minimum Gasteiger partial charge on any atom is -0.330 e. The van der Waals surface area contributed by atoms with Crippen molar-refractivity contribution in [1.82, 2.24) is 0 Å². The highest BCUT2D eigenvalue weighted by atomic mass is 32.2. The molecule has 1 saturated carbocycles. The molecule has 0 radical (unpaired) electrons. The number of hydrogen-bond acceptors (Lipinski definition) is 3. The zero-order valence-electron chi connectivity index (χ0n) is 8.53. The number of hydrogen-bond donors (Lipinski definition) is 1. The molecule has 3 nitrogen and oxygen atoms in total. The summed E-state index contributed by atoms with van der Waals surface area (Å²) in [4.78, 5) is 0. The summed E-state index contributed by atoms with van der Waals surface area (Å²) in [5, 5.41) is 0. The van der Waals surface area contributed by atoms with E-state index in [-0.39, 0.29) is 0 Å². The highest BCUT2D eigenvalue weighted by Gasteiger charge is 2.19. The van der Waals surface area contributed by atoms with E-state index in [0.29, 0.717) is 12.0 Å². The van der Waals surface area contributed by atoms with Crippen molar-refractivity contribution in [2.24, 2.45) is 16.0 Å². The lowest BCUT2D eigenvalue weighted by Crippen LogP contribution is -2.23. The molecule has 0 spiro atoms. The van der Waals surface area contributed by atoms with Gasteiger partial charge in [0.1, 0.15) is 0 Å². The van der Waals surface area contributed by atoms with Gasteiger partial charge in [-0.3, -0.25) is 4.21 Å². The van der Waals surface area contributed by atoms with Gasteiger partial charge in [0.05, 0.1) is 6.04 Å². The van der Waals surface area contributed by atoms with Crippen molar-refractivity contribution in [1.29, 1.82) is 0 Å². The average Bonchev–Trinajstić information content (AvgIpc) is 2.03. The monoisotopic (exact) mass is 204 g/mol. The van der Waals surface area contributed by atoms with Crippen LogP contribution in [0.4, 0.5) is 0 Å². The van der Waals surface area contributed by atoms with Gasteiger partial charge in [0.15, 0.2) is 0 Å². The van der Waals surface area contributed by atoms with E-state index in [4.69, 9.17) is 5.73 Å². The molecule has 0 unspecified atom stereocenters. The predicted octanol–water partition coefficient (Wildman–Crippen LogP) is 1.23. The van der Waals surface area contributed by atoms with E-state index in [0.717, 1.165) is 32.2 Å². The van der Waals surface area contributed by atoms with E-state index in [1.54, 1.807) is 12.5 Å². The smallest absolute Gasteiger partial charge is 0.0594 e. The van der Waals surface area contributed by atoms with Crippen LogP contribution in [0.3, 0.4) is 0 Å². The quantitative estimate of drug-likeness (QED) is 0.735. The Bertz CT molecular complexity index is 253. The fraction of sp³-hybridized carbons (Fsp3) is 1.00. The molecule has 0 aliphatic heterocycles. The van der Waals surface area contributed by atoms with Crippen LogP contribution in [0.5, 0.6) is 0 Å². The summed E-state index contributed by atoms with van der Waals surface area (Å²) in [6.07, 6.45) is 7.87. The molecule has 0 aromatic heterocycles. The van der Waals surface area contributed by atoms with E-state index in [1.807, 2.05) is 0 Å². The van der Waals surface area contributed by atoms with Crippen LogP contribution >= 0.6 is 0 Å². The van der Waals surface area contributed by atoms with Crippen molar-refractivity contribution in [3.8, 4) is 0 Å². The lowest BCUT2D eigenvalue weighted by Gasteiger charge is -2.25. The minimum atomic E-state index is -1.90. The van der Waals surface area contributed by atoms with E-state index < -0.39 is 9.73 Å². The van der Waals surface area contributed by atoms with Gasteiger partial charge in [-0.05, 0) is 38.1 Å². The SMILES string of the molecule is CS(C)(=O)=NC1CCC(CN)CC1. The molecule has 0 amide bonds. The Morgan fingerprint density at radius 1 is 1.31 bits per heavy atom. The molecular formula is C9H20N2OS. The predicted molar refractivity (Wildman–Crippen MR) is 57.2 cm³/mol. The van der Waals surface area contributed by atoms with Gasteiger partial charge in [-0.1, -0.05) is 0 Å². The Labute approximate surface area is 81.3 Å². The molecule has 0 aromatic carbocycles. The van der Waals surface area contributed by atoms with Gasteiger partial charge >= 0.3 is 0 Å². The molecule has 0 heterocycles. The first-order valence-electron chi connectivity index (χ1n) is 4.87. The van der Waals surface area contributed by atoms with E-state index in [2.05, 4.69) is 4.36 Å². The van der Waals surface area contributed by atoms with Crippen LogP contribution in [-0.2, 0) is 9.73 Å². The molecule has 1 aliphatic rings. The standard InChI is InChI=1S/C9H20N2OS/c1-13(2,12)11-9-5-3-8(7-10)4-6-9/h8-9H,3-7,10H2,1-2H3. The molecule has 1 fully saturated rings. The van der Waals surface area contributed by atoms with Gasteiger partial charge in [-0.25, -0.2) is 4.36 Å². The Morgan fingerprint density at radius 3 is 2.23 bits per heavy atom.